The van der Waals surface area contributed by atoms with Crippen LogP contribution >= 0.6 is 0 Å². The third-order valence-electron chi connectivity index (χ3n) is 2.47. The maximum absolute atomic E-state index is 11.8. The van der Waals surface area contributed by atoms with E-state index in [1.54, 1.807) is 6.92 Å². The molecule has 0 aliphatic heterocycles. The van der Waals surface area contributed by atoms with E-state index in [0.29, 0.717) is 0 Å². The highest BCUT2D eigenvalue weighted by Crippen LogP contribution is 2.15. The van der Waals surface area contributed by atoms with Gasteiger partial charge in [0.2, 0.25) is 11.8 Å². The lowest BCUT2D eigenvalue weighted by atomic mass is 10.1. The fourth-order valence-electron chi connectivity index (χ4n) is 1.56. The molecule has 1 aromatic rings. The molecule has 0 aliphatic rings. The van der Waals surface area contributed by atoms with Crippen LogP contribution in [0.4, 0.5) is 5.69 Å². The summed E-state index contributed by atoms with van der Waals surface area (Å²) in [6, 6.07) is 7.11. The highest BCUT2D eigenvalue weighted by atomic mass is 16.2. The second-order valence-electron chi connectivity index (χ2n) is 3.92. The van der Waals surface area contributed by atoms with Crippen LogP contribution in [0, 0.1) is 0 Å². The average Bonchev–Trinajstić information content (AvgIpc) is 2.28. The number of para-hydroxylation sites is 1. The van der Waals surface area contributed by atoms with E-state index in [-0.39, 0.29) is 11.8 Å². The highest BCUT2D eigenvalue weighted by Gasteiger charge is 2.14. The minimum atomic E-state index is -0.530. The molecule has 1 atom stereocenters. The topological polar surface area (TPSA) is 58.2 Å². The molecule has 2 amide bonds. The summed E-state index contributed by atoms with van der Waals surface area (Å²) in [5.41, 5.74) is 1.88. The Morgan fingerprint density at radius 2 is 1.94 bits per heavy atom. The largest absolute Gasteiger partial charge is 0.345 e. The van der Waals surface area contributed by atoms with Crippen molar-refractivity contribution in [3.63, 3.8) is 0 Å². The minimum Gasteiger partial charge on any atom is -0.345 e. The molecule has 0 aliphatic carbocycles. The van der Waals surface area contributed by atoms with Gasteiger partial charge in [-0.25, -0.2) is 0 Å². The van der Waals surface area contributed by atoms with Crippen LogP contribution in [0.15, 0.2) is 24.3 Å². The third kappa shape index (κ3) is 3.90. The van der Waals surface area contributed by atoms with Crippen molar-refractivity contribution in [1.29, 1.82) is 0 Å². The van der Waals surface area contributed by atoms with Crippen LogP contribution in [0.1, 0.15) is 26.3 Å². The zero-order valence-electron chi connectivity index (χ0n) is 10.4. The van der Waals surface area contributed by atoms with Crippen molar-refractivity contribution >= 4 is 17.5 Å². The van der Waals surface area contributed by atoms with Crippen molar-refractivity contribution in [1.82, 2.24) is 5.32 Å². The van der Waals surface area contributed by atoms with Gasteiger partial charge in [0.05, 0.1) is 0 Å². The molecule has 0 radical (unpaired) electrons. The summed E-state index contributed by atoms with van der Waals surface area (Å²) in [5, 5.41) is 5.36. The molecule has 17 heavy (non-hydrogen) atoms. The molecule has 0 saturated heterocycles. The predicted octanol–water partition coefficient (Wildman–Crippen LogP) is 1.71. The molecule has 1 rings (SSSR count). The van der Waals surface area contributed by atoms with Gasteiger partial charge in [0, 0.05) is 12.6 Å². The monoisotopic (exact) mass is 234 g/mol. The van der Waals surface area contributed by atoms with Gasteiger partial charge in [-0.15, -0.1) is 0 Å². The van der Waals surface area contributed by atoms with E-state index in [2.05, 4.69) is 10.6 Å². The summed E-state index contributed by atoms with van der Waals surface area (Å²) in [7, 11) is 0. The number of carbonyl (C=O) groups excluding carboxylic acids is 2. The van der Waals surface area contributed by atoms with Gasteiger partial charge in [-0.2, -0.15) is 0 Å². The van der Waals surface area contributed by atoms with E-state index in [0.717, 1.165) is 17.7 Å². The minimum absolute atomic E-state index is 0.207. The number of rotatable bonds is 4. The van der Waals surface area contributed by atoms with Crippen LogP contribution in [0.2, 0.25) is 0 Å². The normalized spacial score (nSPS) is 11.7. The summed E-state index contributed by atoms with van der Waals surface area (Å²) in [6.07, 6.45) is 0.852. The summed E-state index contributed by atoms with van der Waals surface area (Å²) >= 11 is 0. The summed E-state index contributed by atoms with van der Waals surface area (Å²) in [5.74, 6) is -0.419. The van der Waals surface area contributed by atoms with Gasteiger partial charge >= 0.3 is 0 Å². The van der Waals surface area contributed by atoms with Gasteiger partial charge in [0.15, 0.2) is 0 Å². The molecule has 0 saturated carbocycles. The summed E-state index contributed by atoms with van der Waals surface area (Å²) in [6.45, 7) is 5.08. The van der Waals surface area contributed by atoms with E-state index >= 15 is 0 Å². The zero-order valence-corrected chi connectivity index (χ0v) is 10.4. The summed E-state index contributed by atoms with van der Waals surface area (Å²) < 4.78 is 0. The van der Waals surface area contributed by atoms with E-state index in [1.165, 1.54) is 6.92 Å². The quantitative estimate of drug-likeness (QED) is 0.833. The van der Waals surface area contributed by atoms with E-state index in [9.17, 15) is 9.59 Å². The second kappa shape index (κ2) is 6.03. The Labute approximate surface area is 101 Å². The highest BCUT2D eigenvalue weighted by molar-refractivity contribution is 5.97. The number of amides is 2. The maximum atomic E-state index is 11.8. The standard InChI is InChI=1S/C13H18N2O2/c1-4-11-7-5-6-8-12(11)15-13(17)9(2)14-10(3)16/h5-9H,4H2,1-3H3,(H,14,16)(H,15,17). The number of carbonyl (C=O) groups is 2. The summed E-state index contributed by atoms with van der Waals surface area (Å²) in [4.78, 5) is 22.6. The smallest absolute Gasteiger partial charge is 0.246 e. The number of aryl methyl sites for hydroxylation is 1. The van der Waals surface area contributed by atoms with Crippen molar-refractivity contribution in [2.75, 3.05) is 5.32 Å². The fraction of sp³-hybridized carbons (Fsp3) is 0.385. The Morgan fingerprint density at radius 1 is 1.29 bits per heavy atom. The Bertz CT molecular complexity index is 416. The molecular formula is C13H18N2O2. The van der Waals surface area contributed by atoms with Gasteiger partial charge in [-0.1, -0.05) is 25.1 Å². The van der Waals surface area contributed by atoms with Crippen molar-refractivity contribution in [3.05, 3.63) is 29.8 Å². The van der Waals surface area contributed by atoms with Crippen LogP contribution in [-0.4, -0.2) is 17.9 Å². The maximum Gasteiger partial charge on any atom is 0.246 e. The van der Waals surface area contributed by atoms with E-state index < -0.39 is 6.04 Å². The molecule has 1 aromatic carbocycles. The van der Waals surface area contributed by atoms with E-state index in [1.807, 2.05) is 31.2 Å². The van der Waals surface area contributed by atoms with Crippen LogP contribution in [0.25, 0.3) is 0 Å². The molecular weight excluding hydrogens is 216 g/mol. The van der Waals surface area contributed by atoms with Gasteiger partial charge in [-0.3, -0.25) is 9.59 Å². The first kappa shape index (κ1) is 13.2. The molecule has 0 spiro atoms. The number of benzene rings is 1. The van der Waals surface area contributed by atoms with Gasteiger partial charge in [0.25, 0.3) is 0 Å². The van der Waals surface area contributed by atoms with Crippen molar-refractivity contribution in [2.45, 2.75) is 33.2 Å². The fourth-order valence-corrected chi connectivity index (χ4v) is 1.56. The molecule has 2 N–H and O–H groups in total. The molecule has 4 nitrogen and oxygen atoms in total. The Morgan fingerprint density at radius 3 is 2.53 bits per heavy atom. The van der Waals surface area contributed by atoms with Gasteiger partial charge < -0.3 is 10.6 Å². The third-order valence-corrected chi connectivity index (χ3v) is 2.47. The molecule has 0 fully saturated rings. The van der Waals surface area contributed by atoms with E-state index in [4.69, 9.17) is 0 Å². The number of anilines is 1. The van der Waals surface area contributed by atoms with Crippen molar-refractivity contribution < 1.29 is 9.59 Å². The van der Waals surface area contributed by atoms with Gasteiger partial charge in [-0.05, 0) is 25.0 Å². The molecule has 0 heterocycles. The van der Waals surface area contributed by atoms with Crippen LogP contribution in [-0.2, 0) is 16.0 Å². The number of hydrogen-bond donors (Lipinski definition) is 2. The average molecular weight is 234 g/mol. The number of hydrogen-bond acceptors (Lipinski definition) is 2. The molecule has 1 unspecified atom stereocenters. The van der Waals surface area contributed by atoms with Crippen molar-refractivity contribution in [2.24, 2.45) is 0 Å². The first-order chi connectivity index (χ1) is 8.04. The van der Waals surface area contributed by atoms with Crippen LogP contribution in [0.5, 0.6) is 0 Å². The molecule has 0 aromatic heterocycles. The lowest BCUT2D eigenvalue weighted by Gasteiger charge is -2.14. The lowest BCUT2D eigenvalue weighted by molar-refractivity contribution is -0.124. The van der Waals surface area contributed by atoms with Crippen LogP contribution in [0.3, 0.4) is 0 Å². The second-order valence-corrected chi connectivity index (χ2v) is 3.92. The lowest BCUT2D eigenvalue weighted by Crippen LogP contribution is -2.40. The Kier molecular flexibility index (Phi) is 4.69. The van der Waals surface area contributed by atoms with Crippen LogP contribution < -0.4 is 10.6 Å². The predicted molar refractivity (Wildman–Crippen MR) is 67.7 cm³/mol. The first-order valence-corrected chi connectivity index (χ1v) is 5.70. The van der Waals surface area contributed by atoms with Crippen molar-refractivity contribution in [3.8, 4) is 0 Å². The Hall–Kier alpha value is -1.84. The Balaban J connectivity index is 2.70. The number of nitrogens with one attached hydrogen (secondary N) is 2. The molecule has 92 valence electrons. The van der Waals surface area contributed by atoms with Gasteiger partial charge in [0.1, 0.15) is 6.04 Å². The zero-order chi connectivity index (χ0) is 12.8. The first-order valence-electron chi connectivity index (χ1n) is 5.70. The molecule has 4 heteroatoms. The molecule has 0 bridgehead atoms. The SMILES string of the molecule is CCc1ccccc1NC(=O)C(C)NC(C)=O.